The van der Waals surface area contributed by atoms with Gasteiger partial charge in [0.1, 0.15) is 72.2 Å². The summed E-state index contributed by atoms with van der Waals surface area (Å²) in [6.45, 7) is 16.9. The lowest BCUT2D eigenvalue weighted by Gasteiger charge is -2.27. The second-order valence-corrected chi connectivity index (χ2v) is 37.9. The molecule has 0 spiro atoms. The number of carbonyl (C=O) groups excluding carboxylic acids is 12. The molecule has 2 bridgehead atoms. The highest BCUT2D eigenvalue weighted by atomic mass is 33.1. The van der Waals surface area contributed by atoms with Crippen LogP contribution in [0.15, 0.2) is 118 Å². The zero-order valence-corrected chi connectivity index (χ0v) is 78.6. The van der Waals surface area contributed by atoms with Gasteiger partial charge in [-0.05, 0) is 127 Å². The largest absolute Gasteiger partial charge is 0.744 e. The number of amides is 12. The first-order chi connectivity index (χ1) is 62.2. The number of carbonyl (C=O) groups is 13. The van der Waals surface area contributed by atoms with E-state index in [0.717, 1.165) is 56.1 Å². The Kier molecular flexibility index (Phi) is 45.9. The topological polar surface area (TPSA) is 620 Å². The fourth-order valence-electron chi connectivity index (χ4n) is 14.2. The van der Waals surface area contributed by atoms with Gasteiger partial charge in [-0.2, -0.15) is 13.0 Å². The summed E-state index contributed by atoms with van der Waals surface area (Å²) in [6.07, 6.45) is 10.6. The van der Waals surface area contributed by atoms with Crippen molar-refractivity contribution in [3.8, 4) is 0 Å². The second kappa shape index (κ2) is 55.1. The minimum atomic E-state index is -4.69. The van der Waals surface area contributed by atoms with Crippen molar-refractivity contribution in [2.45, 2.75) is 182 Å². The van der Waals surface area contributed by atoms with Crippen LogP contribution < -0.4 is 80.6 Å². The Labute approximate surface area is 774 Å². The fraction of sp³-hybridized carbons (Fsp3) is 0.541. The average molecular weight is 1930 g/mol. The van der Waals surface area contributed by atoms with E-state index >= 15 is 0 Å². The Hall–Kier alpha value is -10.6. The van der Waals surface area contributed by atoms with Gasteiger partial charge in [0.2, 0.25) is 76.6 Å². The van der Waals surface area contributed by atoms with E-state index in [9.17, 15) is 93.4 Å². The number of thioether (sulfide) groups is 1. The zero-order chi connectivity index (χ0) is 96.4. The maximum Gasteiger partial charge on any atom is 0.305 e. The highest BCUT2D eigenvalue weighted by Crippen LogP contribution is 2.48. The molecule has 4 aliphatic rings. The van der Waals surface area contributed by atoms with Crippen molar-refractivity contribution in [2.24, 2.45) is 22.2 Å². The number of likely N-dealkylation sites (N-methyl/N-ethyl adjacent to an activating group) is 2. The number of primary amides is 1. The van der Waals surface area contributed by atoms with Crippen LogP contribution in [0.5, 0.6) is 0 Å². The van der Waals surface area contributed by atoms with Crippen LogP contribution >= 0.6 is 33.3 Å². The first-order valence-electron chi connectivity index (χ1n) is 42.8. The molecule has 7 atom stereocenters. The quantitative estimate of drug-likeness (QED) is 0.00682. The molecule has 3 aromatic carbocycles. The number of unbranched alkanes of at least 4 members (excludes halogenated alkanes) is 3. The molecule has 46 heteroatoms. The highest BCUT2D eigenvalue weighted by molar-refractivity contribution is 8.76. The number of nitrogens with two attached hydrogens (primary N) is 3. The molecule has 0 radical (unpaired) electrons. The standard InChI is InChI=1S/C73H99N15O18S5.C12H24N2O6/c1-7-76-65(95)53-40-107-43-62(91)80-50(66(96)85-54-41-108-109-42-55(70(100)83-51(67(97)84-53)35-44-21-12-9-13-22-44)86-68(98)52(38-63(92)93)81-61(90)39-79-64(94)49(82-69(54)99)24-20-33-78-71(74)75)23-17-18-32-77-60(89)27-16-11-19-34-88-57-31-29-46(111(104,105)106)37-48(57)73(5,6)59(88)26-15-10-14-25-58-72(3,4)47-36-45(110(101,102)103)28-30-56(47)87(58)8-2;1-2-17-5-6-19-8-7-18-4-3-14-12(16)10-20-9-11(13)15/h9-10,12-15,21-22,25-26,28-31,36-37,49-55H,7-8,11,16-20,23-24,27,32-35,38-43H2,1-6H3,(H16-,74,75,76,77,78,79,80,81,82,83,84,85,86,89,90,91,92,93,94,95,96,97,98,99,100,101,102,103,104,105,106);2-10H2,1H3,(H2,13,15)(H,14,16)/t49-,50-,51-,52-,53-,54-,55-;/m0./s1. The average Bonchev–Trinajstić information content (AvgIpc) is 1.59. The highest BCUT2D eigenvalue weighted by Gasteiger charge is 2.46. The minimum absolute atomic E-state index is 0.000339. The third kappa shape index (κ3) is 36.8. The van der Waals surface area contributed by atoms with Gasteiger partial charge < -0.3 is 109 Å². The van der Waals surface area contributed by atoms with Crippen LogP contribution in [0.4, 0.5) is 11.4 Å². The molecular weight excluding hydrogens is 1800 g/mol. The number of benzene rings is 3. The lowest BCUT2D eigenvalue weighted by atomic mass is 9.81. The number of allylic oxidation sites excluding steroid dienone is 6. The third-order valence-corrected chi connectivity index (χ3v) is 25.9. The van der Waals surface area contributed by atoms with Crippen molar-refractivity contribution in [2.75, 3.05) is 127 Å². The Morgan fingerprint density at radius 1 is 0.618 bits per heavy atom. The smallest absolute Gasteiger partial charge is 0.305 e. The second-order valence-electron chi connectivity index (χ2n) is 31.5. The van der Waals surface area contributed by atoms with E-state index in [1.807, 2.05) is 71.9 Å². The van der Waals surface area contributed by atoms with E-state index in [4.69, 9.17) is 36.1 Å². The molecule has 0 unspecified atom stereocenters. The first kappa shape index (κ1) is 109. The summed E-state index contributed by atoms with van der Waals surface area (Å²) >= 11 is 0.932. The number of aliphatic carboxylic acids is 1. The number of carboxylic acids is 1. The minimum Gasteiger partial charge on any atom is -0.744 e. The summed E-state index contributed by atoms with van der Waals surface area (Å²) < 4.78 is 93.1. The first-order valence-corrected chi connectivity index (χ1v) is 49.3. The van der Waals surface area contributed by atoms with Crippen LogP contribution in [0.25, 0.3) is 0 Å². The number of nitrogens with zero attached hydrogens (tertiary/aromatic N) is 3. The van der Waals surface area contributed by atoms with Gasteiger partial charge in [0.15, 0.2) is 11.7 Å². The molecule has 2 fully saturated rings. The number of ether oxygens (including phenoxy) is 4. The summed E-state index contributed by atoms with van der Waals surface area (Å²) in [5.41, 5.74) is 19.7. The molecule has 0 aromatic heterocycles. The summed E-state index contributed by atoms with van der Waals surface area (Å²) in [6, 6.07) is 6.94. The summed E-state index contributed by atoms with van der Waals surface area (Å²) in [5, 5.41) is 38.6. The molecule has 7 rings (SSSR count). The van der Waals surface area contributed by atoms with E-state index in [0.29, 0.717) is 102 Å². The molecule has 0 saturated carbocycles. The number of guanidine groups is 1. The summed E-state index contributed by atoms with van der Waals surface area (Å²) in [7, 11) is -7.40. The predicted molar refractivity (Wildman–Crippen MR) is 492 cm³/mol. The van der Waals surface area contributed by atoms with Gasteiger partial charge in [-0.15, -0.1) is 11.8 Å². The van der Waals surface area contributed by atoms with Crippen LogP contribution in [0.1, 0.15) is 129 Å². The molecule has 722 valence electrons. The summed E-state index contributed by atoms with van der Waals surface area (Å²) in [5.74, 6) is -12.1. The summed E-state index contributed by atoms with van der Waals surface area (Å²) in [4.78, 5) is 180. The molecule has 12 amide bonds. The van der Waals surface area contributed by atoms with Crippen LogP contribution in [0.2, 0.25) is 0 Å². The van der Waals surface area contributed by atoms with Crippen LogP contribution in [0, 0.1) is 0 Å². The SMILES string of the molecule is CCNC(=O)[C@@H]1CSCC(=O)N[C@@H](CCCCNC(=O)CCCCC[N+]2=C(C=CC=CC=C3N(CC)c4ccc(S(=O)(=O)[O-])cc4C3(C)C)C(C)(C)c3cc(S(=O)(=O)O)ccc32)C(=O)N[C@H]2CSSC[C@H](NC(=O)[C@H](CC(=O)O)NC(=O)CNC(=O)[C@H](CCCN=C(N)N)NC2=O)C(=O)N[C@@H](Cc2ccccc2)C(=O)N1.CCOCCOCCOCCNC(=O)COCC(N)=O. The number of nitrogens with one attached hydrogen (secondary N) is 11. The van der Waals surface area contributed by atoms with Gasteiger partial charge in [-0.3, -0.25) is 71.9 Å². The molecule has 41 nitrogen and oxygen atoms in total. The normalized spacial score (nSPS) is 20.5. The maximum absolute atomic E-state index is 14.7. The van der Waals surface area contributed by atoms with Crippen molar-refractivity contribution in [1.29, 1.82) is 0 Å². The van der Waals surface area contributed by atoms with E-state index in [2.05, 4.69) is 73.0 Å². The molecule has 4 heterocycles. The number of carboxylic acid groups (broad SMARTS) is 1. The molecule has 19 N–H and O–H groups in total. The van der Waals surface area contributed by atoms with E-state index in [-0.39, 0.29) is 122 Å². The molecule has 131 heavy (non-hydrogen) atoms. The van der Waals surface area contributed by atoms with Crippen molar-refractivity contribution in [1.82, 2.24) is 58.5 Å². The maximum atomic E-state index is 14.7. The van der Waals surface area contributed by atoms with Crippen molar-refractivity contribution < 1.29 is 117 Å². The number of hydrogen-bond donors (Lipinski definition) is 16. The van der Waals surface area contributed by atoms with E-state index in [1.165, 1.54) is 24.3 Å². The van der Waals surface area contributed by atoms with Gasteiger partial charge in [0.25, 0.3) is 10.1 Å². The number of rotatable bonds is 41. The van der Waals surface area contributed by atoms with Gasteiger partial charge in [-0.25, -0.2) is 8.42 Å². The lowest BCUT2D eigenvalue weighted by molar-refractivity contribution is -0.438. The van der Waals surface area contributed by atoms with Crippen LogP contribution in [-0.2, 0) is 119 Å². The monoisotopic (exact) mass is 1930 g/mol. The van der Waals surface area contributed by atoms with E-state index in [1.54, 1.807) is 49.4 Å². The third-order valence-electron chi connectivity index (χ3n) is 20.8. The molecule has 0 aliphatic carbocycles. The predicted octanol–water partition coefficient (Wildman–Crippen LogP) is 0.107. The van der Waals surface area contributed by atoms with Crippen molar-refractivity contribution in [3.05, 3.63) is 119 Å². The molecule has 2 saturated heterocycles. The zero-order valence-electron chi connectivity index (χ0n) is 74.5. The Bertz CT molecular complexity index is 4860. The number of anilines is 1. The van der Waals surface area contributed by atoms with Crippen molar-refractivity contribution >= 4 is 153 Å². The van der Waals surface area contributed by atoms with Crippen LogP contribution in [-0.4, -0.2) is 288 Å². The van der Waals surface area contributed by atoms with Crippen molar-refractivity contribution in [3.63, 3.8) is 0 Å². The molecular formula is C85H123N17O24S5. The lowest BCUT2D eigenvalue weighted by Crippen LogP contribution is -2.60. The van der Waals surface area contributed by atoms with Gasteiger partial charge in [0.05, 0.1) is 67.0 Å². The number of aliphatic imine (C=N–C) groups is 1. The van der Waals surface area contributed by atoms with E-state index < -0.39 is 151 Å². The fourth-order valence-corrected chi connectivity index (χ4v) is 18.4. The number of hydrogen-bond acceptors (Lipinski definition) is 27. The Morgan fingerprint density at radius 3 is 1.88 bits per heavy atom. The van der Waals surface area contributed by atoms with Gasteiger partial charge in [-0.1, -0.05) is 84.0 Å². The Morgan fingerprint density at radius 2 is 1.24 bits per heavy atom. The number of fused-ring (bicyclic) bond motifs is 7. The Balaban J connectivity index is 0.00000117. The van der Waals surface area contributed by atoms with Gasteiger partial charge >= 0.3 is 5.97 Å². The molecule has 4 aliphatic heterocycles. The molecule has 3 aromatic rings. The van der Waals surface area contributed by atoms with Crippen LogP contribution in [0.3, 0.4) is 0 Å². The van der Waals surface area contributed by atoms with Gasteiger partial charge in [0, 0.05) is 110 Å².